The standard InChI is InChI=1S/C14H24N2O3/c1-11(14(18)19)12-8-15(9-12)10-13(17)16-6-4-2-3-5-7-16/h11-12H,2-10H2,1H3,(H,18,19). The molecule has 2 saturated heterocycles. The number of aliphatic carboxylic acids is 1. The highest BCUT2D eigenvalue weighted by atomic mass is 16.4. The van der Waals surface area contributed by atoms with Gasteiger partial charge in [0.1, 0.15) is 0 Å². The molecule has 0 spiro atoms. The fourth-order valence-corrected chi connectivity index (χ4v) is 2.87. The number of hydrogen-bond donors (Lipinski definition) is 1. The molecule has 2 heterocycles. The Bertz CT molecular complexity index is 332. The second-order valence-electron chi connectivity index (χ2n) is 5.88. The van der Waals surface area contributed by atoms with Crippen molar-refractivity contribution in [2.45, 2.75) is 32.6 Å². The van der Waals surface area contributed by atoms with Crippen molar-refractivity contribution in [3.63, 3.8) is 0 Å². The fraction of sp³-hybridized carbons (Fsp3) is 0.857. The predicted octanol–water partition coefficient (Wildman–Crippen LogP) is 1.04. The van der Waals surface area contributed by atoms with Gasteiger partial charge in [0.05, 0.1) is 12.5 Å². The van der Waals surface area contributed by atoms with Crippen LogP contribution in [-0.4, -0.2) is 59.5 Å². The summed E-state index contributed by atoms with van der Waals surface area (Å²) in [4.78, 5) is 27.0. The van der Waals surface area contributed by atoms with Crippen LogP contribution in [0.5, 0.6) is 0 Å². The second-order valence-corrected chi connectivity index (χ2v) is 5.88. The Morgan fingerprint density at radius 2 is 1.74 bits per heavy atom. The molecule has 1 atom stereocenters. The minimum absolute atomic E-state index is 0.203. The van der Waals surface area contributed by atoms with Crippen molar-refractivity contribution in [1.82, 2.24) is 9.80 Å². The Morgan fingerprint density at radius 1 is 1.16 bits per heavy atom. The molecule has 19 heavy (non-hydrogen) atoms. The van der Waals surface area contributed by atoms with E-state index in [0.717, 1.165) is 39.0 Å². The molecule has 5 heteroatoms. The van der Waals surface area contributed by atoms with Gasteiger partial charge < -0.3 is 10.0 Å². The fourth-order valence-electron chi connectivity index (χ4n) is 2.87. The van der Waals surface area contributed by atoms with Crippen LogP contribution < -0.4 is 0 Å². The lowest BCUT2D eigenvalue weighted by Gasteiger charge is -2.41. The molecule has 1 N–H and O–H groups in total. The summed E-state index contributed by atoms with van der Waals surface area (Å²) in [6.07, 6.45) is 4.69. The van der Waals surface area contributed by atoms with Crippen molar-refractivity contribution in [2.75, 3.05) is 32.7 Å². The van der Waals surface area contributed by atoms with Gasteiger partial charge in [-0.05, 0) is 18.8 Å². The van der Waals surface area contributed by atoms with Crippen LogP contribution in [0.4, 0.5) is 0 Å². The van der Waals surface area contributed by atoms with E-state index in [-0.39, 0.29) is 17.7 Å². The van der Waals surface area contributed by atoms with E-state index in [1.165, 1.54) is 12.8 Å². The molecule has 1 amide bonds. The molecule has 0 aromatic rings. The van der Waals surface area contributed by atoms with E-state index in [2.05, 4.69) is 4.90 Å². The number of likely N-dealkylation sites (tertiary alicyclic amines) is 2. The van der Waals surface area contributed by atoms with E-state index >= 15 is 0 Å². The molecule has 0 aromatic carbocycles. The lowest BCUT2D eigenvalue weighted by atomic mass is 9.87. The molecule has 0 radical (unpaired) electrons. The number of carboxylic acid groups (broad SMARTS) is 1. The average molecular weight is 268 g/mol. The van der Waals surface area contributed by atoms with Gasteiger partial charge in [0.25, 0.3) is 0 Å². The summed E-state index contributed by atoms with van der Waals surface area (Å²) in [6, 6.07) is 0. The maximum Gasteiger partial charge on any atom is 0.306 e. The first-order valence-corrected chi connectivity index (χ1v) is 7.31. The van der Waals surface area contributed by atoms with Gasteiger partial charge in [-0.25, -0.2) is 0 Å². The molecule has 5 nitrogen and oxygen atoms in total. The van der Waals surface area contributed by atoms with Crippen molar-refractivity contribution in [3.8, 4) is 0 Å². The Labute approximate surface area is 114 Å². The van der Waals surface area contributed by atoms with Crippen LogP contribution in [-0.2, 0) is 9.59 Å². The SMILES string of the molecule is CC(C(=O)O)C1CN(CC(=O)N2CCCCCC2)C1. The molecular formula is C14H24N2O3. The number of hydrogen-bond acceptors (Lipinski definition) is 3. The first kappa shape index (κ1) is 14.3. The number of carbonyl (C=O) groups excluding carboxylic acids is 1. The highest BCUT2D eigenvalue weighted by molar-refractivity contribution is 5.78. The van der Waals surface area contributed by atoms with Gasteiger partial charge >= 0.3 is 5.97 Å². The highest BCUT2D eigenvalue weighted by Gasteiger charge is 2.35. The van der Waals surface area contributed by atoms with Gasteiger partial charge in [0, 0.05) is 26.2 Å². The van der Waals surface area contributed by atoms with Gasteiger partial charge in [-0.2, -0.15) is 0 Å². The predicted molar refractivity (Wildman–Crippen MR) is 71.8 cm³/mol. The van der Waals surface area contributed by atoms with Crippen LogP contribution in [0.1, 0.15) is 32.6 Å². The maximum atomic E-state index is 12.1. The molecule has 2 rings (SSSR count). The third kappa shape index (κ3) is 3.69. The van der Waals surface area contributed by atoms with E-state index in [1.807, 2.05) is 4.90 Å². The van der Waals surface area contributed by atoms with Crippen LogP contribution in [0, 0.1) is 11.8 Å². The van der Waals surface area contributed by atoms with E-state index in [1.54, 1.807) is 6.92 Å². The van der Waals surface area contributed by atoms with Crippen molar-refractivity contribution >= 4 is 11.9 Å². The van der Waals surface area contributed by atoms with Crippen LogP contribution in [0.25, 0.3) is 0 Å². The van der Waals surface area contributed by atoms with Crippen molar-refractivity contribution in [2.24, 2.45) is 11.8 Å². The molecule has 0 bridgehead atoms. The molecule has 108 valence electrons. The van der Waals surface area contributed by atoms with Gasteiger partial charge in [0.2, 0.25) is 5.91 Å². The van der Waals surface area contributed by atoms with Crippen LogP contribution in [0.2, 0.25) is 0 Å². The molecule has 2 fully saturated rings. The van der Waals surface area contributed by atoms with Crippen molar-refractivity contribution in [1.29, 1.82) is 0 Å². The normalized spacial score (nSPS) is 23.5. The number of carbonyl (C=O) groups is 2. The Kier molecular flexibility index (Phi) is 4.80. The Balaban J connectivity index is 1.71. The monoisotopic (exact) mass is 268 g/mol. The topological polar surface area (TPSA) is 60.9 Å². The van der Waals surface area contributed by atoms with E-state index in [0.29, 0.717) is 6.54 Å². The van der Waals surface area contributed by atoms with Gasteiger partial charge in [0.15, 0.2) is 0 Å². The smallest absolute Gasteiger partial charge is 0.306 e. The van der Waals surface area contributed by atoms with Crippen molar-refractivity contribution in [3.05, 3.63) is 0 Å². The zero-order valence-electron chi connectivity index (χ0n) is 11.7. The molecule has 0 saturated carbocycles. The number of rotatable bonds is 4. The summed E-state index contributed by atoms with van der Waals surface area (Å²) < 4.78 is 0. The van der Waals surface area contributed by atoms with Gasteiger partial charge in [-0.3, -0.25) is 14.5 Å². The summed E-state index contributed by atoms with van der Waals surface area (Å²) in [5.74, 6) is -0.620. The molecule has 0 aliphatic carbocycles. The second kappa shape index (κ2) is 6.37. The van der Waals surface area contributed by atoms with E-state index in [9.17, 15) is 9.59 Å². The third-order valence-corrected chi connectivity index (χ3v) is 4.40. The quantitative estimate of drug-likeness (QED) is 0.827. The number of amides is 1. The van der Waals surface area contributed by atoms with Crippen molar-refractivity contribution < 1.29 is 14.7 Å². The van der Waals surface area contributed by atoms with Crippen LogP contribution >= 0.6 is 0 Å². The summed E-state index contributed by atoms with van der Waals surface area (Å²) >= 11 is 0. The minimum atomic E-state index is -0.733. The lowest BCUT2D eigenvalue weighted by molar-refractivity contribution is -0.146. The Morgan fingerprint density at radius 3 is 2.26 bits per heavy atom. The molecule has 1 unspecified atom stereocenters. The zero-order valence-corrected chi connectivity index (χ0v) is 11.7. The molecule has 2 aliphatic heterocycles. The maximum absolute atomic E-state index is 12.1. The minimum Gasteiger partial charge on any atom is -0.481 e. The van der Waals surface area contributed by atoms with E-state index in [4.69, 9.17) is 5.11 Å². The zero-order chi connectivity index (χ0) is 13.8. The average Bonchev–Trinajstić information content (AvgIpc) is 2.60. The lowest BCUT2D eigenvalue weighted by Crippen LogP contribution is -2.54. The summed E-state index contributed by atoms with van der Waals surface area (Å²) in [6.45, 7) is 5.48. The molecule has 0 aromatic heterocycles. The Hall–Kier alpha value is -1.10. The highest BCUT2D eigenvalue weighted by Crippen LogP contribution is 2.24. The van der Waals surface area contributed by atoms with E-state index < -0.39 is 5.97 Å². The van der Waals surface area contributed by atoms with Crippen LogP contribution in [0.15, 0.2) is 0 Å². The largest absolute Gasteiger partial charge is 0.481 e. The number of carboxylic acids is 1. The summed E-state index contributed by atoms with van der Waals surface area (Å²) in [7, 11) is 0. The first-order chi connectivity index (χ1) is 9.08. The summed E-state index contributed by atoms with van der Waals surface area (Å²) in [5.41, 5.74) is 0. The van der Waals surface area contributed by atoms with Gasteiger partial charge in [-0.1, -0.05) is 19.8 Å². The number of nitrogens with zero attached hydrogens (tertiary/aromatic N) is 2. The van der Waals surface area contributed by atoms with Gasteiger partial charge in [-0.15, -0.1) is 0 Å². The third-order valence-electron chi connectivity index (χ3n) is 4.40. The molecule has 2 aliphatic rings. The first-order valence-electron chi connectivity index (χ1n) is 7.31. The summed E-state index contributed by atoms with van der Waals surface area (Å²) in [5, 5.41) is 8.93. The molecular weight excluding hydrogens is 244 g/mol. The van der Waals surface area contributed by atoms with Crippen LogP contribution in [0.3, 0.4) is 0 Å².